The molecule has 0 N–H and O–H groups in total. The van der Waals surface area contributed by atoms with Crippen LogP contribution in [-0.4, -0.2) is 66.4 Å². The number of piperazine rings is 1. The minimum atomic E-state index is 0.0877. The molecule has 3 aromatic rings. The lowest BCUT2D eigenvalue weighted by Gasteiger charge is -2.34. The van der Waals surface area contributed by atoms with Gasteiger partial charge in [0.05, 0.1) is 22.8 Å². The summed E-state index contributed by atoms with van der Waals surface area (Å²) >= 11 is 0. The number of pyridine rings is 1. The Morgan fingerprint density at radius 1 is 1.17 bits per heavy atom. The van der Waals surface area contributed by atoms with Crippen molar-refractivity contribution in [1.29, 1.82) is 0 Å². The molecule has 8 heteroatoms. The van der Waals surface area contributed by atoms with Crippen LogP contribution in [0.4, 0.5) is 0 Å². The van der Waals surface area contributed by atoms with E-state index in [0.29, 0.717) is 0 Å². The zero-order chi connectivity index (χ0) is 21.3. The zero-order valence-electron chi connectivity index (χ0n) is 18.4. The number of carbonyl (C=O) groups is 1. The van der Waals surface area contributed by atoms with Crippen molar-refractivity contribution in [3.63, 3.8) is 0 Å². The quantitative estimate of drug-likeness (QED) is 0.626. The maximum Gasteiger partial charge on any atom is 0.254 e. The minimum Gasteiger partial charge on any atom is -0.336 e. The fourth-order valence-electron chi connectivity index (χ4n) is 4.20. The van der Waals surface area contributed by atoms with Crippen molar-refractivity contribution < 1.29 is 4.79 Å². The standard InChI is InChI=1S/C22H31N7O/c1-5-6-7-29-21-20(17(3)25-29)19(12-16(2)24-21)22(30)28-10-8-27(9-11-28)15-18-13-23-26(4)14-18/h12-14H,5-11,15H2,1-4H3. The highest BCUT2D eigenvalue weighted by Gasteiger charge is 2.26. The first-order valence-electron chi connectivity index (χ1n) is 10.8. The van der Waals surface area contributed by atoms with Gasteiger partial charge in [0, 0.05) is 63.8 Å². The van der Waals surface area contributed by atoms with Crippen LogP contribution in [0, 0.1) is 13.8 Å². The molecule has 0 aliphatic carbocycles. The highest BCUT2D eigenvalue weighted by molar-refractivity contribution is 6.06. The van der Waals surface area contributed by atoms with Crippen LogP contribution < -0.4 is 0 Å². The van der Waals surface area contributed by atoms with Gasteiger partial charge in [0.2, 0.25) is 0 Å². The van der Waals surface area contributed by atoms with E-state index in [2.05, 4.69) is 22.0 Å². The molecule has 160 valence electrons. The van der Waals surface area contributed by atoms with E-state index in [-0.39, 0.29) is 5.91 Å². The minimum absolute atomic E-state index is 0.0877. The highest BCUT2D eigenvalue weighted by atomic mass is 16.2. The van der Waals surface area contributed by atoms with E-state index in [4.69, 9.17) is 4.98 Å². The van der Waals surface area contributed by atoms with Crippen molar-refractivity contribution in [2.45, 2.75) is 46.7 Å². The molecule has 1 aliphatic heterocycles. The molecular weight excluding hydrogens is 378 g/mol. The van der Waals surface area contributed by atoms with Gasteiger partial charge >= 0.3 is 0 Å². The molecule has 0 unspecified atom stereocenters. The zero-order valence-corrected chi connectivity index (χ0v) is 18.4. The van der Waals surface area contributed by atoms with Gasteiger partial charge in [0.15, 0.2) is 5.65 Å². The van der Waals surface area contributed by atoms with Gasteiger partial charge in [-0.25, -0.2) is 9.67 Å². The number of rotatable bonds is 6. The lowest BCUT2D eigenvalue weighted by Crippen LogP contribution is -2.48. The maximum absolute atomic E-state index is 13.4. The second kappa shape index (κ2) is 8.55. The Bertz CT molecular complexity index is 1040. The Hall–Kier alpha value is -2.74. The van der Waals surface area contributed by atoms with Gasteiger partial charge < -0.3 is 4.90 Å². The van der Waals surface area contributed by atoms with Crippen LogP contribution in [0.15, 0.2) is 18.5 Å². The summed E-state index contributed by atoms with van der Waals surface area (Å²) in [4.78, 5) is 22.5. The lowest BCUT2D eigenvalue weighted by molar-refractivity contribution is 0.0630. The molecule has 3 aromatic heterocycles. The second-order valence-corrected chi connectivity index (χ2v) is 8.26. The summed E-state index contributed by atoms with van der Waals surface area (Å²) in [5, 5.41) is 9.83. The molecule has 0 saturated carbocycles. The predicted octanol–water partition coefficient (Wildman–Crippen LogP) is 2.54. The van der Waals surface area contributed by atoms with Gasteiger partial charge in [-0.1, -0.05) is 13.3 Å². The molecule has 0 aromatic carbocycles. The number of unbranched alkanes of at least 4 members (excludes halogenated alkanes) is 1. The number of amides is 1. The number of aryl methyl sites for hydroxylation is 4. The van der Waals surface area contributed by atoms with Crippen molar-refractivity contribution in [1.82, 2.24) is 34.3 Å². The van der Waals surface area contributed by atoms with Gasteiger partial charge in [-0.2, -0.15) is 10.2 Å². The Balaban J connectivity index is 1.51. The first-order chi connectivity index (χ1) is 14.5. The van der Waals surface area contributed by atoms with E-state index in [1.165, 1.54) is 5.56 Å². The SMILES string of the molecule is CCCCn1nc(C)c2c(C(=O)N3CCN(Cc4cnn(C)c4)CC3)cc(C)nc21. The number of nitrogens with zero attached hydrogens (tertiary/aromatic N) is 7. The average molecular weight is 410 g/mol. The summed E-state index contributed by atoms with van der Waals surface area (Å²) in [7, 11) is 1.93. The number of fused-ring (bicyclic) bond motifs is 1. The third kappa shape index (κ3) is 4.09. The summed E-state index contributed by atoms with van der Waals surface area (Å²) in [6, 6.07) is 1.92. The van der Waals surface area contributed by atoms with Crippen LogP contribution in [0.3, 0.4) is 0 Å². The molecule has 0 bridgehead atoms. The number of carbonyl (C=O) groups excluding carboxylic acids is 1. The molecule has 1 saturated heterocycles. The topological polar surface area (TPSA) is 72.1 Å². The normalized spacial score (nSPS) is 15.3. The Morgan fingerprint density at radius 3 is 2.60 bits per heavy atom. The third-order valence-corrected chi connectivity index (χ3v) is 5.78. The number of aromatic nitrogens is 5. The molecule has 8 nitrogen and oxygen atoms in total. The molecule has 0 spiro atoms. The molecule has 0 atom stereocenters. The molecule has 1 aliphatic rings. The molecule has 1 amide bonds. The summed E-state index contributed by atoms with van der Waals surface area (Å²) in [6.07, 6.45) is 6.11. The monoisotopic (exact) mass is 409 g/mol. The van der Waals surface area contributed by atoms with E-state index in [1.54, 1.807) is 0 Å². The molecule has 4 heterocycles. The Kier molecular flexibility index (Phi) is 5.85. The van der Waals surface area contributed by atoms with Crippen LogP contribution in [0.1, 0.15) is 47.1 Å². The maximum atomic E-state index is 13.4. The molecular formula is C22H31N7O. The molecule has 30 heavy (non-hydrogen) atoms. The van der Waals surface area contributed by atoms with Gasteiger partial charge in [0.25, 0.3) is 5.91 Å². The van der Waals surface area contributed by atoms with E-state index in [0.717, 1.165) is 80.1 Å². The lowest BCUT2D eigenvalue weighted by atomic mass is 10.1. The summed E-state index contributed by atoms with van der Waals surface area (Å²) in [5.74, 6) is 0.0877. The van der Waals surface area contributed by atoms with Crippen LogP contribution in [0.25, 0.3) is 11.0 Å². The average Bonchev–Trinajstić information content (AvgIpc) is 3.28. The third-order valence-electron chi connectivity index (χ3n) is 5.78. The van der Waals surface area contributed by atoms with Crippen LogP contribution >= 0.6 is 0 Å². The van der Waals surface area contributed by atoms with Crippen molar-refractivity contribution in [2.24, 2.45) is 7.05 Å². The molecule has 4 rings (SSSR count). The second-order valence-electron chi connectivity index (χ2n) is 8.26. The van der Waals surface area contributed by atoms with Crippen LogP contribution in [0.5, 0.6) is 0 Å². The predicted molar refractivity (Wildman–Crippen MR) is 116 cm³/mol. The fraction of sp³-hybridized carbons (Fsp3) is 0.545. The van der Waals surface area contributed by atoms with E-state index in [9.17, 15) is 4.79 Å². The van der Waals surface area contributed by atoms with E-state index < -0.39 is 0 Å². The van der Waals surface area contributed by atoms with Gasteiger partial charge in [-0.3, -0.25) is 14.4 Å². The largest absolute Gasteiger partial charge is 0.336 e. The Morgan fingerprint density at radius 2 is 1.93 bits per heavy atom. The van der Waals surface area contributed by atoms with Crippen molar-refractivity contribution in [3.05, 3.63) is 41.0 Å². The molecule has 1 fully saturated rings. The first-order valence-corrected chi connectivity index (χ1v) is 10.8. The Labute approximate surface area is 177 Å². The highest BCUT2D eigenvalue weighted by Crippen LogP contribution is 2.24. The van der Waals surface area contributed by atoms with Crippen LogP contribution in [-0.2, 0) is 20.1 Å². The summed E-state index contributed by atoms with van der Waals surface area (Å²) in [6.45, 7) is 11.0. The summed E-state index contributed by atoms with van der Waals surface area (Å²) in [5.41, 5.74) is 4.52. The van der Waals surface area contributed by atoms with Gasteiger partial charge in [-0.05, 0) is 26.3 Å². The summed E-state index contributed by atoms with van der Waals surface area (Å²) < 4.78 is 3.79. The van der Waals surface area contributed by atoms with Crippen molar-refractivity contribution in [3.8, 4) is 0 Å². The van der Waals surface area contributed by atoms with E-state index in [1.807, 2.05) is 53.6 Å². The number of hydrogen-bond acceptors (Lipinski definition) is 5. The van der Waals surface area contributed by atoms with Crippen LogP contribution in [0.2, 0.25) is 0 Å². The first kappa shape index (κ1) is 20.5. The van der Waals surface area contributed by atoms with Crippen molar-refractivity contribution >= 4 is 16.9 Å². The van der Waals surface area contributed by atoms with E-state index >= 15 is 0 Å². The molecule has 0 radical (unpaired) electrons. The van der Waals surface area contributed by atoms with Gasteiger partial charge in [0.1, 0.15) is 0 Å². The fourth-order valence-corrected chi connectivity index (χ4v) is 4.20. The smallest absolute Gasteiger partial charge is 0.254 e. The number of hydrogen-bond donors (Lipinski definition) is 0. The van der Waals surface area contributed by atoms with Crippen molar-refractivity contribution in [2.75, 3.05) is 26.2 Å². The van der Waals surface area contributed by atoms with Gasteiger partial charge in [-0.15, -0.1) is 0 Å².